The number of hydrogen-bond donors (Lipinski definition) is 3. The maximum atomic E-state index is 12.0. The molecule has 1 aliphatic rings. The van der Waals surface area contributed by atoms with Gasteiger partial charge in [-0.15, -0.1) is 0 Å². The predicted octanol–water partition coefficient (Wildman–Crippen LogP) is 2.41. The molecule has 2 rings (SSSR count). The van der Waals surface area contributed by atoms with Gasteiger partial charge in [-0.25, -0.2) is 0 Å². The van der Waals surface area contributed by atoms with Crippen LogP contribution in [0.5, 0.6) is 0 Å². The Kier molecular flexibility index (Phi) is 6.16. The van der Waals surface area contributed by atoms with E-state index in [1.807, 2.05) is 38.1 Å². The maximum Gasteiger partial charge on any atom is 0.237 e. The van der Waals surface area contributed by atoms with Crippen molar-refractivity contribution in [2.75, 3.05) is 5.32 Å². The molecule has 4 N–H and O–H groups in total. The van der Waals surface area contributed by atoms with Crippen molar-refractivity contribution < 1.29 is 9.59 Å². The lowest BCUT2D eigenvalue weighted by molar-refractivity contribution is -0.123. The van der Waals surface area contributed by atoms with Gasteiger partial charge in [0.25, 0.3) is 0 Å². The highest BCUT2D eigenvalue weighted by Gasteiger charge is 2.25. The molecule has 2 atom stereocenters. The van der Waals surface area contributed by atoms with Gasteiger partial charge in [0.15, 0.2) is 0 Å². The van der Waals surface area contributed by atoms with Gasteiger partial charge >= 0.3 is 0 Å². The zero-order valence-electron chi connectivity index (χ0n) is 14.0. The van der Waals surface area contributed by atoms with Gasteiger partial charge in [-0.3, -0.25) is 9.59 Å². The summed E-state index contributed by atoms with van der Waals surface area (Å²) in [5.41, 5.74) is 7.64. The van der Waals surface area contributed by atoms with Gasteiger partial charge in [-0.1, -0.05) is 38.8 Å². The molecule has 2 amide bonds. The number of nitrogens with one attached hydrogen (secondary N) is 2. The first kappa shape index (κ1) is 17.5. The first-order valence-electron chi connectivity index (χ1n) is 8.44. The summed E-state index contributed by atoms with van der Waals surface area (Å²) >= 11 is 0. The molecule has 126 valence electrons. The Morgan fingerprint density at radius 2 is 2.09 bits per heavy atom. The monoisotopic (exact) mass is 317 g/mol. The Bertz CT molecular complexity index is 555. The SMILES string of the molecule is CCC(C)C(N)C(=O)NCc1cccc(NC(=O)C2CCC2)c1. The molecular weight excluding hydrogens is 290 g/mol. The number of benzene rings is 1. The Labute approximate surface area is 138 Å². The van der Waals surface area contributed by atoms with E-state index in [1.54, 1.807) is 0 Å². The van der Waals surface area contributed by atoms with Gasteiger partial charge in [0, 0.05) is 18.2 Å². The number of carbonyl (C=O) groups excluding carboxylic acids is 2. The smallest absolute Gasteiger partial charge is 0.237 e. The lowest BCUT2D eigenvalue weighted by Crippen LogP contribution is -2.44. The van der Waals surface area contributed by atoms with E-state index in [-0.39, 0.29) is 23.7 Å². The minimum absolute atomic E-state index is 0.0937. The van der Waals surface area contributed by atoms with Gasteiger partial charge in [-0.05, 0) is 36.5 Å². The van der Waals surface area contributed by atoms with Crippen LogP contribution in [0.3, 0.4) is 0 Å². The van der Waals surface area contributed by atoms with Gasteiger partial charge in [-0.2, -0.15) is 0 Å². The van der Waals surface area contributed by atoms with Crippen molar-refractivity contribution in [1.82, 2.24) is 5.32 Å². The Morgan fingerprint density at radius 1 is 1.35 bits per heavy atom. The molecule has 0 aromatic heterocycles. The minimum atomic E-state index is -0.485. The number of rotatable bonds is 7. The summed E-state index contributed by atoms with van der Waals surface area (Å²) < 4.78 is 0. The second-order valence-electron chi connectivity index (χ2n) is 6.45. The third-order valence-corrected chi connectivity index (χ3v) is 4.70. The van der Waals surface area contributed by atoms with Crippen LogP contribution in [0.2, 0.25) is 0 Å². The zero-order valence-corrected chi connectivity index (χ0v) is 14.0. The number of hydrogen-bond acceptors (Lipinski definition) is 3. The lowest BCUT2D eigenvalue weighted by atomic mass is 9.85. The molecule has 1 fully saturated rings. The van der Waals surface area contributed by atoms with E-state index in [2.05, 4.69) is 10.6 Å². The lowest BCUT2D eigenvalue weighted by Gasteiger charge is -2.24. The maximum absolute atomic E-state index is 12.0. The predicted molar refractivity (Wildman–Crippen MR) is 91.7 cm³/mol. The van der Waals surface area contributed by atoms with Crippen LogP contribution >= 0.6 is 0 Å². The highest BCUT2D eigenvalue weighted by Crippen LogP contribution is 2.27. The third kappa shape index (κ3) is 4.79. The minimum Gasteiger partial charge on any atom is -0.351 e. The second kappa shape index (κ2) is 8.11. The fourth-order valence-electron chi connectivity index (χ4n) is 2.49. The second-order valence-corrected chi connectivity index (χ2v) is 6.45. The van der Waals surface area contributed by atoms with Crippen molar-refractivity contribution in [2.45, 2.75) is 52.1 Å². The Balaban J connectivity index is 1.87. The molecule has 1 aliphatic carbocycles. The van der Waals surface area contributed by atoms with E-state index in [9.17, 15) is 9.59 Å². The quantitative estimate of drug-likeness (QED) is 0.722. The first-order valence-corrected chi connectivity index (χ1v) is 8.44. The number of nitrogens with two attached hydrogens (primary N) is 1. The van der Waals surface area contributed by atoms with Gasteiger partial charge in [0.05, 0.1) is 6.04 Å². The van der Waals surface area contributed by atoms with E-state index < -0.39 is 6.04 Å². The van der Waals surface area contributed by atoms with Crippen molar-refractivity contribution >= 4 is 17.5 Å². The van der Waals surface area contributed by atoms with Crippen molar-refractivity contribution in [3.63, 3.8) is 0 Å². The van der Waals surface area contributed by atoms with Crippen LogP contribution in [0, 0.1) is 11.8 Å². The van der Waals surface area contributed by atoms with E-state index in [1.165, 1.54) is 0 Å². The molecule has 5 heteroatoms. The zero-order chi connectivity index (χ0) is 16.8. The number of anilines is 1. The fourth-order valence-corrected chi connectivity index (χ4v) is 2.49. The van der Waals surface area contributed by atoms with Crippen molar-refractivity contribution in [2.24, 2.45) is 17.6 Å². The van der Waals surface area contributed by atoms with Crippen LogP contribution in [0.15, 0.2) is 24.3 Å². The Hall–Kier alpha value is -1.88. The Morgan fingerprint density at radius 3 is 2.70 bits per heavy atom. The molecule has 0 bridgehead atoms. The van der Waals surface area contributed by atoms with Crippen molar-refractivity contribution in [3.8, 4) is 0 Å². The van der Waals surface area contributed by atoms with Crippen LogP contribution in [0.1, 0.15) is 45.1 Å². The summed E-state index contributed by atoms with van der Waals surface area (Å²) in [6, 6.07) is 7.08. The molecule has 1 aromatic carbocycles. The van der Waals surface area contributed by atoms with Crippen LogP contribution in [-0.2, 0) is 16.1 Å². The van der Waals surface area contributed by atoms with Crippen LogP contribution < -0.4 is 16.4 Å². The topological polar surface area (TPSA) is 84.2 Å². The van der Waals surface area contributed by atoms with Crippen LogP contribution in [-0.4, -0.2) is 17.9 Å². The number of carbonyl (C=O) groups is 2. The molecule has 1 saturated carbocycles. The highest BCUT2D eigenvalue weighted by molar-refractivity contribution is 5.93. The largest absolute Gasteiger partial charge is 0.351 e. The molecule has 5 nitrogen and oxygen atoms in total. The molecule has 0 heterocycles. The summed E-state index contributed by atoms with van der Waals surface area (Å²) in [6.45, 7) is 4.41. The average molecular weight is 317 g/mol. The van der Waals surface area contributed by atoms with E-state index >= 15 is 0 Å². The van der Waals surface area contributed by atoms with E-state index in [4.69, 9.17) is 5.73 Å². The molecular formula is C18H27N3O2. The van der Waals surface area contributed by atoms with E-state index in [0.717, 1.165) is 36.9 Å². The van der Waals surface area contributed by atoms with Gasteiger partial charge in [0.1, 0.15) is 0 Å². The summed E-state index contributed by atoms with van der Waals surface area (Å²) in [7, 11) is 0. The molecule has 0 radical (unpaired) electrons. The van der Waals surface area contributed by atoms with Gasteiger partial charge in [0.2, 0.25) is 11.8 Å². The fraction of sp³-hybridized carbons (Fsp3) is 0.556. The molecule has 0 aliphatic heterocycles. The summed E-state index contributed by atoms with van der Waals surface area (Å²) in [6.07, 6.45) is 3.97. The highest BCUT2D eigenvalue weighted by atomic mass is 16.2. The average Bonchev–Trinajstić information content (AvgIpc) is 2.49. The number of amides is 2. The van der Waals surface area contributed by atoms with Crippen molar-refractivity contribution in [3.05, 3.63) is 29.8 Å². The molecule has 23 heavy (non-hydrogen) atoms. The summed E-state index contributed by atoms with van der Waals surface area (Å²) in [4.78, 5) is 24.0. The first-order chi connectivity index (χ1) is 11.0. The molecule has 1 aromatic rings. The summed E-state index contributed by atoms with van der Waals surface area (Å²) in [5, 5.41) is 5.81. The normalized spacial score (nSPS) is 17.0. The third-order valence-electron chi connectivity index (χ3n) is 4.70. The molecule has 0 spiro atoms. The van der Waals surface area contributed by atoms with E-state index in [0.29, 0.717) is 6.54 Å². The summed E-state index contributed by atoms with van der Waals surface area (Å²) in [5.74, 6) is 0.273. The van der Waals surface area contributed by atoms with Crippen molar-refractivity contribution in [1.29, 1.82) is 0 Å². The standard InChI is InChI=1S/C18H27N3O2/c1-3-12(2)16(19)18(23)20-11-13-6-4-9-15(10-13)21-17(22)14-7-5-8-14/h4,6,9-10,12,14,16H,3,5,7-8,11,19H2,1-2H3,(H,20,23)(H,21,22). The van der Waals surface area contributed by atoms with Crippen LogP contribution in [0.25, 0.3) is 0 Å². The van der Waals surface area contributed by atoms with Gasteiger partial charge < -0.3 is 16.4 Å². The molecule has 2 unspecified atom stereocenters. The van der Waals surface area contributed by atoms with Crippen LogP contribution in [0.4, 0.5) is 5.69 Å². The molecule has 0 saturated heterocycles.